The molecule has 1 amide bonds. The Hall–Kier alpha value is -0.960. The molecule has 2 aliphatic heterocycles. The van der Waals surface area contributed by atoms with E-state index in [4.69, 9.17) is 0 Å². The fraction of sp³-hybridized carbons (Fsp3) is 0.750. The Balaban J connectivity index is 1.36. The minimum absolute atomic E-state index is 0.0774. The van der Waals surface area contributed by atoms with Gasteiger partial charge in [-0.1, -0.05) is 19.9 Å². The Labute approximate surface area is 173 Å². The van der Waals surface area contributed by atoms with Gasteiger partial charge in [-0.05, 0) is 55.5 Å². The van der Waals surface area contributed by atoms with Gasteiger partial charge in [0.05, 0.1) is 0 Å². The molecular weight excluding hydrogens is 394 g/mol. The molecule has 28 heavy (non-hydrogen) atoms. The molecule has 0 radical (unpaired) electrons. The second-order valence-electron chi connectivity index (χ2n) is 8.46. The van der Waals surface area contributed by atoms with Crippen LogP contribution in [0.1, 0.15) is 39.5 Å². The molecule has 0 saturated carbocycles. The third-order valence-electron chi connectivity index (χ3n) is 5.81. The van der Waals surface area contributed by atoms with Crippen LogP contribution in [0.15, 0.2) is 21.7 Å². The number of carbonyl (C=O) groups is 1. The molecule has 1 aromatic rings. The molecule has 3 heterocycles. The average Bonchev–Trinajstić information content (AvgIpc) is 3.20. The maximum absolute atomic E-state index is 12.6. The number of nitrogens with zero attached hydrogens (tertiary/aromatic N) is 2. The molecule has 158 valence electrons. The van der Waals surface area contributed by atoms with Crippen LogP contribution >= 0.6 is 11.3 Å². The summed E-state index contributed by atoms with van der Waals surface area (Å²) >= 11 is 1.24. The van der Waals surface area contributed by atoms with E-state index in [1.807, 2.05) is 0 Å². The maximum Gasteiger partial charge on any atom is 0.252 e. The Kier molecular flexibility index (Phi) is 7.53. The number of thiophene rings is 1. The normalized spacial score (nSPS) is 25.6. The fourth-order valence-electron chi connectivity index (χ4n) is 4.53. The third kappa shape index (κ3) is 5.55. The summed E-state index contributed by atoms with van der Waals surface area (Å²) in [5.74, 6) is 1.52. The first-order valence-electron chi connectivity index (χ1n) is 10.4. The fourth-order valence-corrected chi connectivity index (χ4v) is 7.14. The molecule has 2 fully saturated rings. The van der Waals surface area contributed by atoms with E-state index in [1.165, 1.54) is 22.1 Å². The SMILES string of the molecule is CC1CC(C)CN(CCCNC(=O)C2CCN(S(=O)(=O)c3cccs3)CC2)C1. The lowest BCUT2D eigenvalue weighted by atomic mass is 9.92. The third-order valence-corrected chi connectivity index (χ3v) is 9.08. The predicted octanol–water partition coefficient (Wildman–Crippen LogP) is 2.63. The van der Waals surface area contributed by atoms with Gasteiger partial charge in [-0.3, -0.25) is 4.79 Å². The highest BCUT2D eigenvalue weighted by Gasteiger charge is 2.32. The molecule has 1 aromatic heterocycles. The van der Waals surface area contributed by atoms with Crippen molar-refractivity contribution in [1.82, 2.24) is 14.5 Å². The molecule has 2 unspecified atom stereocenters. The van der Waals surface area contributed by atoms with Crippen LogP contribution < -0.4 is 5.32 Å². The number of rotatable bonds is 7. The first kappa shape index (κ1) is 21.7. The van der Waals surface area contributed by atoms with E-state index in [0.717, 1.165) is 37.9 Å². The van der Waals surface area contributed by atoms with Crippen molar-refractivity contribution in [3.05, 3.63) is 17.5 Å². The van der Waals surface area contributed by atoms with E-state index < -0.39 is 10.0 Å². The molecule has 3 rings (SSSR count). The topological polar surface area (TPSA) is 69.7 Å². The quantitative estimate of drug-likeness (QED) is 0.679. The van der Waals surface area contributed by atoms with Crippen LogP contribution in [-0.2, 0) is 14.8 Å². The van der Waals surface area contributed by atoms with Crippen LogP contribution in [0.25, 0.3) is 0 Å². The average molecular weight is 428 g/mol. The second kappa shape index (κ2) is 9.69. The van der Waals surface area contributed by atoms with Crippen LogP contribution in [0.2, 0.25) is 0 Å². The zero-order valence-electron chi connectivity index (χ0n) is 17.0. The monoisotopic (exact) mass is 427 g/mol. The molecule has 0 spiro atoms. The Bertz CT molecular complexity index is 718. The number of hydrogen-bond acceptors (Lipinski definition) is 5. The van der Waals surface area contributed by atoms with Gasteiger partial charge in [0.25, 0.3) is 10.0 Å². The van der Waals surface area contributed by atoms with Crippen molar-refractivity contribution in [2.75, 3.05) is 39.3 Å². The minimum atomic E-state index is -3.40. The van der Waals surface area contributed by atoms with Crippen LogP contribution in [0.4, 0.5) is 0 Å². The van der Waals surface area contributed by atoms with E-state index in [9.17, 15) is 13.2 Å². The van der Waals surface area contributed by atoms with E-state index in [-0.39, 0.29) is 11.8 Å². The number of piperidine rings is 2. The highest BCUT2D eigenvalue weighted by molar-refractivity contribution is 7.91. The van der Waals surface area contributed by atoms with Crippen molar-refractivity contribution >= 4 is 27.3 Å². The number of amides is 1. The van der Waals surface area contributed by atoms with Gasteiger partial charge in [-0.25, -0.2) is 8.42 Å². The first-order valence-corrected chi connectivity index (χ1v) is 12.7. The van der Waals surface area contributed by atoms with E-state index in [2.05, 4.69) is 24.1 Å². The minimum Gasteiger partial charge on any atom is -0.356 e. The van der Waals surface area contributed by atoms with Crippen molar-refractivity contribution in [3.8, 4) is 0 Å². The van der Waals surface area contributed by atoms with Crippen LogP contribution in [0, 0.1) is 17.8 Å². The molecule has 2 atom stereocenters. The zero-order valence-corrected chi connectivity index (χ0v) is 18.6. The Morgan fingerprint density at radius 2 is 1.89 bits per heavy atom. The van der Waals surface area contributed by atoms with Gasteiger partial charge >= 0.3 is 0 Å². The summed E-state index contributed by atoms with van der Waals surface area (Å²) in [6.07, 6.45) is 3.47. The van der Waals surface area contributed by atoms with Gasteiger partial charge in [0, 0.05) is 38.6 Å². The number of hydrogen-bond donors (Lipinski definition) is 1. The summed E-state index contributed by atoms with van der Waals surface area (Å²) in [6.45, 7) is 9.53. The van der Waals surface area contributed by atoms with Crippen molar-refractivity contribution in [2.45, 2.75) is 43.7 Å². The molecule has 2 aliphatic rings. The van der Waals surface area contributed by atoms with Gasteiger partial charge in [0.2, 0.25) is 5.91 Å². The number of likely N-dealkylation sites (tertiary alicyclic amines) is 1. The molecule has 2 saturated heterocycles. The molecule has 6 nitrogen and oxygen atoms in total. The zero-order chi connectivity index (χ0) is 20.1. The first-order chi connectivity index (χ1) is 13.4. The van der Waals surface area contributed by atoms with Crippen molar-refractivity contribution in [1.29, 1.82) is 0 Å². The highest BCUT2D eigenvalue weighted by atomic mass is 32.2. The summed E-state index contributed by atoms with van der Waals surface area (Å²) in [6, 6.07) is 3.39. The molecule has 8 heteroatoms. The molecular formula is C20H33N3O3S2. The lowest BCUT2D eigenvalue weighted by Crippen LogP contribution is -2.43. The van der Waals surface area contributed by atoms with E-state index >= 15 is 0 Å². The maximum atomic E-state index is 12.6. The lowest BCUT2D eigenvalue weighted by molar-refractivity contribution is -0.126. The number of sulfonamides is 1. The van der Waals surface area contributed by atoms with Crippen LogP contribution in [0.5, 0.6) is 0 Å². The molecule has 0 bridgehead atoms. The molecule has 0 aliphatic carbocycles. The van der Waals surface area contributed by atoms with Crippen molar-refractivity contribution in [3.63, 3.8) is 0 Å². The van der Waals surface area contributed by atoms with Crippen LogP contribution in [-0.4, -0.2) is 62.8 Å². The summed E-state index contributed by atoms with van der Waals surface area (Å²) in [4.78, 5) is 15.0. The van der Waals surface area contributed by atoms with Gasteiger partial charge in [0.1, 0.15) is 4.21 Å². The summed E-state index contributed by atoms with van der Waals surface area (Å²) < 4.78 is 27.0. The van der Waals surface area contributed by atoms with Gasteiger partial charge in [0.15, 0.2) is 0 Å². The Morgan fingerprint density at radius 1 is 1.21 bits per heavy atom. The summed E-state index contributed by atoms with van der Waals surface area (Å²) in [5, 5.41) is 4.84. The molecule has 1 N–H and O–H groups in total. The van der Waals surface area contributed by atoms with Gasteiger partial charge in [-0.15, -0.1) is 11.3 Å². The predicted molar refractivity (Wildman–Crippen MR) is 113 cm³/mol. The summed E-state index contributed by atoms with van der Waals surface area (Å²) in [5.41, 5.74) is 0. The number of nitrogens with one attached hydrogen (secondary N) is 1. The van der Waals surface area contributed by atoms with Crippen molar-refractivity contribution in [2.24, 2.45) is 17.8 Å². The standard InChI is InChI=1S/C20H33N3O3S2/c1-16-13-17(2)15-22(14-16)9-4-8-21-20(24)18-6-10-23(11-7-18)28(25,26)19-5-3-12-27-19/h3,5,12,16-18H,4,6-11,13-15H2,1-2H3,(H,21,24). The smallest absolute Gasteiger partial charge is 0.252 e. The second-order valence-corrected chi connectivity index (χ2v) is 11.6. The van der Waals surface area contributed by atoms with Crippen molar-refractivity contribution < 1.29 is 13.2 Å². The van der Waals surface area contributed by atoms with Gasteiger partial charge in [-0.2, -0.15) is 4.31 Å². The number of carbonyl (C=O) groups excluding carboxylic acids is 1. The van der Waals surface area contributed by atoms with Crippen LogP contribution in [0.3, 0.4) is 0 Å². The highest BCUT2D eigenvalue weighted by Crippen LogP contribution is 2.26. The Morgan fingerprint density at radius 3 is 2.50 bits per heavy atom. The van der Waals surface area contributed by atoms with E-state index in [0.29, 0.717) is 36.7 Å². The van der Waals surface area contributed by atoms with Gasteiger partial charge < -0.3 is 10.2 Å². The summed E-state index contributed by atoms with van der Waals surface area (Å²) in [7, 11) is -3.40. The van der Waals surface area contributed by atoms with E-state index in [1.54, 1.807) is 17.5 Å². The molecule has 0 aromatic carbocycles. The lowest BCUT2D eigenvalue weighted by Gasteiger charge is -2.35. The largest absolute Gasteiger partial charge is 0.356 e.